The van der Waals surface area contributed by atoms with Gasteiger partial charge < -0.3 is 15.2 Å². The van der Waals surface area contributed by atoms with E-state index in [-0.39, 0.29) is 23.8 Å². The highest BCUT2D eigenvalue weighted by Gasteiger charge is 2.33. The van der Waals surface area contributed by atoms with Crippen molar-refractivity contribution in [1.82, 2.24) is 5.32 Å². The Bertz CT molecular complexity index is 299. The van der Waals surface area contributed by atoms with E-state index in [0.29, 0.717) is 25.8 Å². The molecule has 1 aliphatic carbocycles. The van der Waals surface area contributed by atoms with Crippen LogP contribution in [-0.4, -0.2) is 36.2 Å². The molecule has 1 saturated carbocycles. The summed E-state index contributed by atoms with van der Waals surface area (Å²) in [7, 11) is 0. The zero-order valence-electron chi connectivity index (χ0n) is 9.85. The van der Waals surface area contributed by atoms with Crippen molar-refractivity contribution >= 4 is 11.9 Å². The van der Waals surface area contributed by atoms with Crippen molar-refractivity contribution < 1.29 is 19.4 Å². The average Bonchev–Trinajstić information content (AvgIpc) is 2.96. The van der Waals surface area contributed by atoms with Crippen LogP contribution < -0.4 is 5.32 Å². The second kappa shape index (κ2) is 5.49. The molecule has 2 N–H and O–H groups in total. The van der Waals surface area contributed by atoms with Crippen LogP contribution in [0.1, 0.15) is 32.1 Å². The first-order valence-electron chi connectivity index (χ1n) is 6.29. The minimum atomic E-state index is -0.778. The van der Waals surface area contributed by atoms with Crippen LogP contribution in [0, 0.1) is 11.8 Å². The third-order valence-corrected chi connectivity index (χ3v) is 3.68. The van der Waals surface area contributed by atoms with Gasteiger partial charge in [0.05, 0.1) is 12.0 Å². The molecular formula is C12H19NO4. The van der Waals surface area contributed by atoms with Crippen LogP contribution in [0.5, 0.6) is 0 Å². The Kier molecular flexibility index (Phi) is 3.99. The summed E-state index contributed by atoms with van der Waals surface area (Å²) in [6.07, 6.45) is 4.00. The molecule has 0 bridgehead atoms. The minimum Gasteiger partial charge on any atom is -0.481 e. The van der Waals surface area contributed by atoms with Crippen LogP contribution in [0.15, 0.2) is 0 Å². The van der Waals surface area contributed by atoms with Gasteiger partial charge in [-0.15, -0.1) is 0 Å². The van der Waals surface area contributed by atoms with Crippen molar-refractivity contribution in [2.75, 3.05) is 13.2 Å². The molecule has 0 spiro atoms. The maximum absolute atomic E-state index is 11.8. The maximum atomic E-state index is 11.8. The van der Waals surface area contributed by atoms with Crippen molar-refractivity contribution in [3.63, 3.8) is 0 Å². The summed E-state index contributed by atoms with van der Waals surface area (Å²) >= 11 is 0. The van der Waals surface area contributed by atoms with Gasteiger partial charge in [-0.1, -0.05) is 0 Å². The second-order valence-corrected chi connectivity index (χ2v) is 4.93. The molecule has 2 rings (SSSR count). The van der Waals surface area contributed by atoms with E-state index < -0.39 is 5.97 Å². The van der Waals surface area contributed by atoms with Gasteiger partial charge in [0.1, 0.15) is 0 Å². The first kappa shape index (κ1) is 12.4. The Labute approximate surface area is 101 Å². The quantitative estimate of drug-likeness (QED) is 0.762. The second-order valence-electron chi connectivity index (χ2n) is 4.93. The normalized spacial score (nSPS) is 32.6. The summed E-state index contributed by atoms with van der Waals surface area (Å²) in [4.78, 5) is 22.6. The number of hydrogen-bond acceptors (Lipinski definition) is 3. The number of carboxylic acid groups (broad SMARTS) is 1. The zero-order chi connectivity index (χ0) is 12.3. The number of ether oxygens (including phenoxy) is 1. The Morgan fingerprint density at radius 3 is 2.59 bits per heavy atom. The lowest BCUT2D eigenvalue weighted by Gasteiger charge is -2.14. The highest BCUT2D eigenvalue weighted by molar-refractivity contribution is 5.80. The molecule has 17 heavy (non-hydrogen) atoms. The molecule has 96 valence electrons. The van der Waals surface area contributed by atoms with Gasteiger partial charge in [0.2, 0.25) is 5.91 Å². The SMILES string of the molecule is O=C(O)[C@H]1CC[C@@H](C(=O)NCC2CCCO2)C1. The largest absolute Gasteiger partial charge is 0.481 e. The third-order valence-electron chi connectivity index (χ3n) is 3.68. The van der Waals surface area contributed by atoms with Gasteiger partial charge in [0.25, 0.3) is 0 Å². The number of carboxylic acids is 1. The molecule has 0 aromatic heterocycles. The van der Waals surface area contributed by atoms with Crippen LogP contribution in [-0.2, 0) is 14.3 Å². The summed E-state index contributed by atoms with van der Waals surface area (Å²) in [6, 6.07) is 0. The van der Waals surface area contributed by atoms with Crippen LogP contribution in [0.25, 0.3) is 0 Å². The fourth-order valence-electron chi connectivity index (χ4n) is 2.61. The van der Waals surface area contributed by atoms with E-state index in [1.54, 1.807) is 0 Å². The number of amides is 1. The molecule has 2 aliphatic rings. The third kappa shape index (κ3) is 3.19. The topological polar surface area (TPSA) is 75.6 Å². The predicted molar refractivity (Wildman–Crippen MR) is 60.5 cm³/mol. The summed E-state index contributed by atoms with van der Waals surface area (Å²) in [5, 5.41) is 11.7. The number of rotatable bonds is 4. The van der Waals surface area contributed by atoms with Crippen molar-refractivity contribution in [3.05, 3.63) is 0 Å². The standard InChI is InChI=1S/C12H19NO4/c14-11(13-7-10-2-1-5-17-10)8-3-4-9(6-8)12(15)16/h8-10H,1-7H2,(H,13,14)(H,15,16)/t8-,9+,10?/m1/s1. The first-order valence-corrected chi connectivity index (χ1v) is 6.29. The number of carbonyl (C=O) groups is 2. The number of nitrogens with one attached hydrogen (secondary N) is 1. The van der Waals surface area contributed by atoms with Crippen molar-refractivity contribution in [2.24, 2.45) is 11.8 Å². The minimum absolute atomic E-state index is 0.00995. The van der Waals surface area contributed by atoms with E-state index in [1.165, 1.54) is 0 Å². The highest BCUT2D eigenvalue weighted by atomic mass is 16.5. The zero-order valence-corrected chi connectivity index (χ0v) is 9.85. The molecule has 1 unspecified atom stereocenters. The molecule has 0 aromatic carbocycles. The number of hydrogen-bond donors (Lipinski definition) is 2. The smallest absolute Gasteiger partial charge is 0.306 e. The lowest BCUT2D eigenvalue weighted by atomic mass is 10.0. The van der Waals surface area contributed by atoms with Gasteiger partial charge in [-0.05, 0) is 32.1 Å². The van der Waals surface area contributed by atoms with Crippen molar-refractivity contribution in [2.45, 2.75) is 38.2 Å². The van der Waals surface area contributed by atoms with Gasteiger partial charge in [-0.25, -0.2) is 0 Å². The van der Waals surface area contributed by atoms with Gasteiger partial charge in [-0.2, -0.15) is 0 Å². The number of aliphatic carboxylic acids is 1. The Balaban J connectivity index is 1.71. The van der Waals surface area contributed by atoms with Crippen LogP contribution in [0.3, 0.4) is 0 Å². The van der Waals surface area contributed by atoms with Gasteiger partial charge in [0, 0.05) is 19.1 Å². The van der Waals surface area contributed by atoms with Gasteiger partial charge >= 0.3 is 5.97 Å². The molecule has 1 aliphatic heterocycles. The van der Waals surface area contributed by atoms with Crippen LogP contribution in [0.2, 0.25) is 0 Å². The molecule has 5 nitrogen and oxygen atoms in total. The molecule has 0 radical (unpaired) electrons. The molecule has 3 atom stereocenters. The molecule has 0 aromatic rings. The van der Waals surface area contributed by atoms with Gasteiger partial charge in [0.15, 0.2) is 0 Å². The fraction of sp³-hybridized carbons (Fsp3) is 0.833. The lowest BCUT2D eigenvalue weighted by molar-refractivity contribution is -0.141. The summed E-state index contributed by atoms with van der Waals surface area (Å²) in [5.74, 6) is -1.25. The van der Waals surface area contributed by atoms with Crippen molar-refractivity contribution in [3.8, 4) is 0 Å². The molecule has 1 saturated heterocycles. The van der Waals surface area contributed by atoms with Crippen LogP contribution >= 0.6 is 0 Å². The number of carbonyl (C=O) groups excluding carboxylic acids is 1. The monoisotopic (exact) mass is 241 g/mol. The van der Waals surface area contributed by atoms with Crippen molar-refractivity contribution in [1.29, 1.82) is 0 Å². The lowest BCUT2D eigenvalue weighted by Crippen LogP contribution is -2.35. The first-order chi connectivity index (χ1) is 8.16. The van der Waals surface area contributed by atoms with E-state index in [9.17, 15) is 9.59 Å². The van der Waals surface area contributed by atoms with E-state index in [1.807, 2.05) is 0 Å². The van der Waals surface area contributed by atoms with E-state index in [0.717, 1.165) is 19.4 Å². The summed E-state index contributed by atoms with van der Waals surface area (Å²) in [5.41, 5.74) is 0. The molecule has 1 heterocycles. The molecule has 5 heteroatoms. The van der Waals surface area contributed by atoms with E-state index in [2.05, 4.69) is 5.32 Å². The molecule has 2 fully saturated rings. The van der Waals surface area contributed by atoms with Crippen LogP contribution in [0.4, 0.5) is 0 Å². The van der Waals surface area contributed by atoms with E-state index >= 15 is 0 Å². The molecular weight excluding hydrogens is 222 g/mol. The summed E-state index contributed by atoms with van der Waals surface area (Å²) < 4.78 is 5.42. The Morgan fingerprint density at radius 2 is 2.00 bits per heavy atom. The Hall–Kier alpha value is -1.10. The highest BCUT2D eigenvalue weighted by Crippen LogP contribution is 2.31. The average molecular weight is 241 g/mol. The summed E-state index contributed by atoms with van der Waals surface area (Å²) in [6.45, 7) is 1.35. The predicted octanol–water partition coefficient (Wildman–Crippen LogP) is 0.782. The van der Waals surface area contributed by atoms with Gasteiger partial charge in [-0.3, -0.25) is 9.59 Å². The Morgan fingerprint density at radius 1 is 1.24 bits per heavy atom. The molecule has 1 amide bonds. The van der Waals surface area contributed by atoms with E-state index in [4.69, 9.17) is 9.84 Å². The maximum Gasteiger partial charge on any atom is 0.306 e. The fourth-order valence-corrected chi connectivity index (χ4v) is 2.61.